The summed E-state index contributed by atoms with van der Waals surface area (Å²) in [5, 5.41) is 0. The van der Waals surface area contributed by atoms with Crippen molar-refractivity contribution in [1.82, 2.24) is 0 Å². The fourth-order valence-electron chi connectivity index (χ4n) is 1.77. The summed E-state index contributed by atoms with van der Waals surface area (Å²) in [6.07, 6.45) is 0.582. The lowest BCUT2D eigenvalue weighted by atomic mass is 10.1. The van der Waals surface area contributed by atoms with E-state index in [2.05, 4.69) is 0 Å². The van der Waals surface area contributed by atoms with Gasteiger partial charge in [-0.05, 0) is 49.2 Å². The van der Waals surface area contributed by atoms with E-state index < -0.39 is 0 Å². The summed E-state index contributed by atoms with van der Waals surface area (Å²) in [4.78, 5) is 1.03. The first kappa shape index (κ1) is 14.3. The van der Waals surface area contributed by atoms with Crippen LogP contribution in [-0.2, 0) is 13.0 Å². The monoisotopic (exact) mass is 299 g/mol. The quantitative estimate of drug-likeness (QED) is 0.905. The molecule has 0 saturated carbocycles. The van der Waals surface area contributed by atoms with Crippen LogP contribution < -0.4 is 10.5 Å². The minimum absolute atomic E-state index is 0.0414. The maximum atomic E-state index is 13.3. The Kier molecular flexibility index (Phi) is 4.80. The predicted octanol–water partition coefficient (Wildman–Crippen LogP) is 4.01. The van der Waals surface area contributed by atoms with Gasteiger partial charge in [0, 0.05) is 10.9 Å². The van der Waals surface area contributed by atoms with E-state index in [0.717, 1.165) is 14.8 Å². The first-order valence-corrected chi connectivity index (χ1v) is 7.15. The van der Waals surface area contributed by atoms with Crippen LogP contribution in [0.1, 0.15) is 17.4 Å². The second-order valence-electron chi connectivity index (χ2n) is 4.43. The van der Waals surface area contributed by atoms with Gasteiger partial charge in [-0.3, -0.25) is 0 Å². The van der Waals surface area contributed by atoms with E-state index in [1.165, 1.54) is 23.5 Å². The van der Waals surface area contributed by atoms with E-state index in [4.69, 9.17) is 22.1 Å². The van der Waals surface area contributed by atoms with Crippen molar-refractivity contribution in [3.8, 4) is 5.75 Å². The highest BCUT2D eigenvalue weighted by atomic mass is 35.5. The third-order valence-corrected chi connectivity index (χ3v) is 3.77. The third kappa shape index (κ3) is 4.20. The zero-order valence-corrected chi connectivity index (χ0v) is 12.1. The Bertz CT molecular complexity index is 556. The van der Waals surface area contributed by atoms with Gasteiger partial charge in [0.1, 0.15) is 18.2 Å². The molecule has 0 radical (unpaired) electrons. The van der Waals surface area contributed by atoms with Crippen molar-refractivity contribution in [3.63, 3.8) is 0 Å². The van der Waals surface area contributed by atoms with Gasteiger partial charge < -0.3 is 10.5 Å². The molecule has 1 heterocycles. The molecule has 102 valence electrons. The molecule has 1 unspecified atom stereocenters. The van der Waals surface area contributed by atoms with Gasteiger partial charge in [0.15, 0.2) is 0 Å². The highest BCUT2D eigenvalue weighted by Crippen LogP contribution is 2.25. The van der Waals surface area contributed by atoms with Crippen LogP contribution in [0.15, 0.2) is 30.3 Å². The van der Waals surface area contributed by atoms with Crippen LogP contribution in [0.25, 0.3) is 0 Å². The lowest BCUT2D eigenvalue weighted by Crippen LogP contribution is -2.18. The SMILES string of the molecule is CC(N)Cc1cc(F)ccc1OCc1ccc(Cl)s1. The van der Waals surface area contributed by atoms with Crippen molar-refractivity contribution >= 4 is 22.9 Å². The summed E-state index contributed by atoms with van der Waals surface area (Å²) >= 11 is 7.33. The van der Waals surface area contributed by atoms with E-state index in [-0.39, 0.29) is 11.9 Å². The van der Waals surface area contributed by atoms with Crippen LogP contribution in [0, 0.1) is 5.82 Å². The van der Waals surface area contributed by atoms with Crippen molar-refractivity contribution in [3.05, 3.63) is 50.9 Å². The van der Waals surface area contributed by atoms with Crippen LogP contribution in [0.5, 0.6) is 5.75 Å². The zero-order chi connectivity index (χ0) is 13.8. The van der Waals surface area contributed by atoms with E-state index in [9.17, 15) is 4.39 Å². The molecule has 1 aromatic heterocycles. The molecule has 1 aromatic carbocycles. The number of nitrogens with two attached hydrogens (primary N) is 1. The minimum Gasteiger partial charge on any atom is -0.488 e. The van der Waals surface area contributed by atoms with Gasteiger partial charge >= 0.3 is 0 Å². The average molecular weight is 300 g/mol. The Balaban J connectivity index is 2.10. The van der Waals surface area contributed by atoms with Crippen molar-refractivity contribution in [2.75, 3.05) is 0 Å². The molecule has 0 aliphatic rings. The molecule has 5 heteroatoms. The van der Waals surface area contributed by atoms with Crippen molar-refractivity contribution in [2.24, 2.45) is 5.73 Å². The van der Waals surface area contributed by atoms with Gasteiger partial charge in [-0.15, -0.1) is 11.3 Å². The summed E-state index contributed by atoms with van der Waals surface area (Å²) < 4.78 is 19.7. The largest absolute Gasteiger partial charge is 0.488 e. The van der Waals surface area contributed by atoms with E-state index in [1.807, 2.05) is 19.1 Å². The second-order valence-corrected chi connectivity index (χ2v) is 6.23. The molecular formula is C14H15ClFNOS. The first-order chi connectivity index (χ1) is 9.04. The number of benzene rings is 1. The summed E-state index contributed by atoms with van der Waals surface area (Å²) in [6.45, 7) is 2.31. The molecular weight excluding hydrogens is 285 g/mol. The molecule has 0 fully saturated rings. The molecule has 0 spiro atoms. The van der Waals surface area contributed by atoms with Crippen molar-refractivity contribution in [1.29, 1.82) is 0 Å². The summed E-state index contributed by atoms with van der Waals surface area (Å²) in [7, 11) is 0. The van der Waals surface area contributed by atoms with Gasteiger partial charge in [0.25, 0.3) is 0 Å². The number of hydrogen-bond acceptors (Lipinski definition) is 3. The molecule has 0 amide bonds. The Labute approximate surface area is 121 Å². The molecule has 0 aliphatic heterocycles. The normalized spacial score (nSPS) is 12.4. The number of halogens is 2. The highest BCUT2D eigenvalue weighted by molar-refractivity contribution is 7.16. The average Bonchev–Trinajstić information content (AvgIpc) is 2.73. The van der Waals surface area contributed by atoms with Gasteiger partial charge in [0.05, 0.1) is 4.34 Å². The van der Waals surface area contributed by atoms with E-state index in [0.29, 0.717) is 18.8 Å². The van der Waals surface area contributed by atoms with Crippen LogP contribution in [-0.4, -0.2) is 6.04 Å². The maximum absolute atomic E-state index is 13.3. The molecule has 2 N–H and O–H groups in total. The Morgan fingerprint density at radius 2 is 2.16 bits per heavy atom. The molecule has 1 atom stereocenters. The van der Waals surface area contributed by atoms with E-state index >= 15 is 0 Å². The van der Waals surface area contributed by atoms with Crippen LogP contribution in [0.3, 0.4) is 0 Å². The van der Waals surface area contributed by atoms with E-state index in [1.54, 1.807) is 6.07 Å². The standard InChI is InChI=1S/C14H15ClFNOS/c1-9(17)6-10-7-11(16)2-4-13(10)18-8-12-3-5-14(15)19-12/h2-5,7,9H,6,8,17H2,1H3. The highest BCUT2D eigenvalue weighted by Gasteiger charge is 2.09. The Morgan fingerprint density at radius 3 is 2.79 bits per heavy atom. The first-order valence-electron chi connectivity index (χ1n) is 5.95. The lowest BCUT2D eigenvalue weighted by molar-refractivity contribution is 0.305. The number of thiophene rings is 1. The van der Waals surface area contributed by atoms with Gasteiger partial charge in [0.2, 0.25) is 0 Å². The molecule has 0 aliphatic carbocycles. The summed E-state index contributed by atoms with van der Waals surface area (Å²) in [5.74, 6) is 0.394. The number of hydrogen-bond donors (Lipinski definition) is 1. The van der Waals surface area contributed by atoms with Crippen molar-refractivity contribution < 1.29 is 9.13 Å². The van der Waals surface area contributed by atoms with Gasteiger partial charge in [-0.1, -0.05) is 11.6 Å². The second kappa shape index (κ2) is 6.37. The maximum Gasteiger partial charge on any atom is 0.123 e. The minimum atomic E-state index is -0.276. The summed E-state index contributed by atoms with van der Waals surface area (Å²) in [6, 6.07) is 8.21. The molecule has 2 nitrogen and oxygen atoms in total. The number of rotatable bonds is 5. The van der Waals surface area contributed by atoms with Crippen LogP contribution in [0.4, 0.5) is 4.39 Å². The predicted molar refractivity (Wildman–Crippen MR) is 77.4 cm³/mol. The molecule has 2 aromatic rings. The van der Waals surface area contributed by atoms with Gasteiger partial charge in [-0.2, -0.15) is 0 Å². The lowest BCUT2D eigenvalue weighted by Gasteiger charge is -2.12. The Hall–Kier alpha value is -1.10. The molecule has 0 bridgehead atoms. The van der Waals surface area contributed by atoms with Crippen LogP contribution in [0.2, 0.25) is 4.34 Å². The smallest absolute Gasteiger partial charge is 0.123 e. The molecule has 0 saturated heterocycles. The van der Waals surface area contributed by atoms with Crippen LogP contribution >= 0.6 is 22.9 Å². The topological polar surface area (TPSA) is 35.2 Å². The third-order valence-electron chi connectivity index (χ3n) is 2.56. The Morgan fingerprint density at radius 1 is 1.37 bits per heavy atom. The number of ether oxygens (including phenoxy) is 1. The summed E-state index contributed by atoms with van der Waals surface area (Å²) in [5.41, 5.74) is 6.55. The van der Waals surface area contributed by atoms with Crippen molar-refractivity contribution in [2.45, 2.75) is 26.0 Å². The fourth-order valence-corrected chi connectivity index (χ4v) is 2.77. The molecule has 2 rings (SSSR count). The molecule has 19 heavy (non-hydrogen) atoms. The zero-order valence-electron chi connectivity index (χ0n) is 10.5. The van der Waals surface area contributed by atoms with Gasteiger partial charge in [-0.25, -0.2) is 4.39 Å². The fraction of sp³-hybridized carbons (Fsp3) is 0.286.